The third-order valence-corrected chi connectivity index (χ3v) is 5.28. The van der Waals surface area contributed by atoms with Crippen molar-refractivity contribution in [1.29, 1.82) is 5.26 Å². The first-order valence-corrected chi connectivity index (χ1v) is 8.22. The molecule has 0 spiro atoms. The number of alkyl halides is 3. The summed E-state index contributed by atoms with van der Waals surface area (Å²) in [6.07, 6.45) is -2.68. The Kier molecular flexibility index (Phi) is 3.96. The molecule has 0 radical (unpaired) electrons. The van der Waals surface area contributed by atoms with Gasteiger partial charge in [-0.25, -0.2) is 4.98 Å². The van der Waals surface area contributed by atoms with E-state index in [1.165, 1.54) is 28.7 Å². The van der Waals surface area contributed by atoms with Crippen LogP contribution in [-0.4, -0.2) is 4.98 Å². The number of aromatic nitrogens is 1. The smallest absolute Gasteiger partial charge is 0.235 e. The highest BCUT2D eigenvalue weighted by molar-refractivity contribution is 7.19. The highest BCUT2D eigenvalue weighted by atomic mass is 32.1. The Labute approximate surface area is 138 Å². The minimum absolute atomic E-state index is 0.254. The van der Waals surface area contributed by atoms with Crippen LogP contribution in [0.1, 0.15) is 21.0 Å². The third-order valence-electron chi connectivity index (χ3n) is 3.24. The second kappa shape index (κ2) is 5.80. The van der Waals surface area contributed by atoms with E-state index in [1.54, 1.807) is 6.08 Å². The molecule has 0 saturated carbocycles. The molecule has 2 heterocycles. The van der Waals surface area contributed by atoms with Crippen LogP contribution in [0.3, 0.4) is 0 Å². The van der Waals surface area contributed by atoms with Crippen LogP contribution in [0, 0.1) is 18.3 Å². The summed E-state index contributed by atoms with van der Waals surface area (Å²) in [7, 11) is 0. The van der Waals surface area contributed by atoms with E-state index in [0.29, 0.717) is 15.3 Å². The zero-order valence-electron chi connectivity index (χ0n) is 11.8. The quantitative estimate of drug-likeness (QED) is 0.552. The van der Waals surface area contributed by atoms with Crippen LogP contribution in [0.4, 0.5) is 13.2 Å². The van der Waals surface area contributed by atoms with Crippen molar-refractivity contribution in [2.24, 2.45) is 0 Å². The molecule has 23 heavy (non-hydrogen) atoms. The summed E-state index contributed by atoms with van der Waals surface area (Å²) < 4.78 is 38.9. The molecule has 0 saturated heterocycles. The van der Waals surface area contributed by atoms with Crippen molar-refractivity contribution in [3.8, 4) is 6.07 Å². The van der Waals surface area contributed by atoms with E-state index >= 15 is 0 Å². The second-order valence-electron chi connectivity index (χ2n) is 4.84. The summed E-state index contributed by atoms with van der Waals surface area (Å²) in [4.78, 5) is 5.14. The summed E-state index contributed by atoms with van der Waals surface area (Å²) in [6, 6.07) is 7.47. The first-order chi connectivity index (χ1) is 10.9. The van der Waals surface area contributed by atoms with E-state index in [0.717, 1.165) is 22.6 Å². The van der Waals surface area contributed by atoms with E-state index in [4.69, 9.17) is 0 Å². The van der Waals surface area contributed by atoms with Gasteiger partial charge in [0.05, 0.1) is 21.4 Å². The van der Waals surface area contributed by atoms with Crippen molar-refractivity contribution in [2.45, 2.75) is 13.1 Å². The van der Waals surface area contributed by atoms with Crippen LogP contribution in [0.2, 0.25) is 0 Å². The second-order valence-corrected chi connectivity index (χ2v) is 6.82. The number of rotatable bonds is 2. The van der Waals surface area contributed by atoms with Crippen molar-refractivity contribution in [3.05, 3.63) is 50.7 Å². The van der Waals surface area contributed by atoms with Crippen molar-refractivity contribution in [2.75, 3.05) is 0 Å². The number of thiophene rings is 1. The molecule has 0 fully saturated rings. The lowest BCUT2D eigenvalue weighted by molar-refractivity contribution is -0.137. The number of hydrogen-bond acceptors (Lipinski definition) is 4. The highest BCUT2D eigenvalue weighted by Gasteiger charge is 2.30. The molecule has 0 aliphatic carbocycles. The minimum Gasteiger partial charge on any atom is -0.235 e. The van der Waals surface area contributed by atoms with Crippen LogP contribution in [0.5, 0.6) is 0 Å². The maximum atomic E-state index is 12.8. The molecule has 0 aliphatic rings. The van der Waals surface area contributed by atoms with Gasteiger partial charge in [0.1, 0.15) is 11.1 Å². The number of thiazole rings is 1. The number of fused-ring (bicyclic) bond motifs is 1. The van der Waals surface area contributed by atoms with E-state index in [9.17, 15) is 18.4 Å². The monoisotopic (exact) mass is 350 g/mol. The van der Waals surface area contributed by atoms with Gasteiger partial charge >= 0.3 is 6.18 Å². The molecule has 0 bridgehead atoms. The fourth-order valence-electron chi connectivity index (χ4n) is 2.02. The van der Waals surface area contributed by atoms with E-state index < -0.39 is 11.7 Å². The number of aryl methyl sites for hydroxylation is 1. The number of nitriles is 1. The first kappa shape index (κ1) is 15.7. The molecule has 116 valence electrons. The van der Waals surface area contributed by atoms with Gasteiger partial charge in [0.15, 0.2) is 0 Å². The topological polar surface area (TPSA) is 36.7 Å². The van der Waals surface area contributed by atoms with E-state index in [1.807, 2.05) is 18.4 Å². The average Bonchev–Trinajstić information content (AvgIpc) is 3.08. The summed E-state index contributed by atoms with van der Waals surface area (Å²) in [5.74, 6) is 0. The molecule has 0 amide bonds. The molecule has 1 aromatic carbocycles. The Bertz CT molecular complexity index is 942. The van der Waals surface area contributed by atoms with Gasteiger partial charge in [-0.05, 0) is 48.2 Å². The number of allylic oxidation sites excluding steroid dienone is 1. The maximum Gasteiger partial charge on any atom is 0.416 e. The normalized spacial score (nSPS) is 12.6. The first-order valence-electron chi connectivity index (χ1n) is 6.52. The molecule has 7 heteroatoms. The van der Waals surface area contributed by atoms with Crippen LogP contribution >= 0.6 is 22.7 Å². The molecular weight excluding hydrogens is 341 g/mol. The predicted octanol–water partition coefficient (Wildman–Crippen LogP) is 5.75. The summed E-state index contributed by atoms with van der Waals surface area (Å²) in [6.45, 7) is 1.94. The molecule has 0 N–H and O–H groups in total. The molecule has 3 rings (SSSR count). The lowest BCUT2D eigenvalue weighted by atomic mass is 10.2. The van der Waals surface area contributed by atoms with Crippen LogP contribution in [0.25, 0.3) is 21.9 Å². The lowest BCUT2D eigenvalue weighted by Gasteiger charge is -2.04. The van der Waals surface area contributed by atoms with Gasteiger partial charge < -0.3 is 0 Å². The maximum absolute atomic E-state index is 12.8. The summed E-state index contributed by atoms with van der Waals surface area (Å²) in [5.41, 5.74) is 0.913. The number of hydrogen-bond donors (Lipinski definition) is 0. The fraction of sp³-hybridized carbons (Fsp3) is 0.125. The molecular formula is C16H9F3N2S2. The molecule has 3 aromatic rings. The number of nitrogens with zero attached hydrogens (tertiary/aromatic N) is 2. The minimum atomic E-state index is -4.40. The van der Waals surface area contributed by atoms with Gasteiger partial charge in [-0.15, -0.1) is 22.7 Å². The lowest BCUT2D eigenvalue weighted by Crippen LogP contribution is -2.03. The Morgan fingerprint density at radius 3 is 2.70 bits per heavy atom. The van der Waals surface area contributed by atoms with Crippen LogP contribution in [-0.2, 0) is 6.18 Å². The molecule has 0 unspecified atom stereocenters. The average molecular weight is 350 g/mol. The largest absolute Gasteiger partial charge is 0.416 e. The van der Waals surface area contributed by atoms with Crippen molar-refractivity contribution in [1.82, 2.24) is 4.98 Å². The summed E-state index contributed by atoms with van der Waals surface area (Å²) >= 11 is 2.71. The highest BCUT2D eigenvalue weighted by Crippen LogP contribution is 2.34. The van der Waals surface area contributed by atoms with Gasteiger partial charge in [-0.3, -0.25) is 0 Å². The standard InChI is InChI=1S/C16H9F3N2S2/c1-9-4-5-22-14(9)6-10(8-20)15-21-12-7-11(16(17,18)19)2-3-13(12)23-15/h2-7H,1H3. The van der Waals surface area contributed by atoms with Gasteiger partial charge in [-0.1, -0.05) is 0 Å². The van der Waals surface area contributed by atoms with Crippen LogP contribution in [0.15, 0.2) is 29.6 Å². The van der Waals surface area contributed by atoms with Gasteiger partial charge in [0.2, 0.25) is 0 Å². The van der Waals surface area contributed by atoms with Gasteiger partial charge in [-0.2, -0.15) is 18.4 Å². The van der Waals surface area contributed by atoms with E-state index in [-0.39, 0.29) is 5.52 Å². The zero-order valence-corrected chi connectivity index (χ0v) is 13.4. The molecule has 0 aliphatic heterocycles. The Hall–Kier alpha value is -2.17. The van der Waals surface area contributed by atoms with Crippen LogP contribution < -0.4 is 0 Å². The third kappa shape index (κ3) is 3.14. The Morgan fingerprint density at radius 2 is 2.09 bits per heavy atom. The fourth-order valence-corrected chi connectivity index (χ4v) is 3.79. The number of halogens is 3. The van der Waals surface area contributed by atoms with Crippen molar-refractivity contribution >= 4 is 44.5 Å². The molecule has 2 aromatic heterocycles. The zero-order chi connectivity index (χ0) is 16.6. The Balaban J connectivity index is 2.07. The molecule has 0 atom stereocenters. The Morgan fingerprint density at radius 1 is 1.30 bits per heavy atom. The van der Waals surface area contributed by atoms with Gasteiger partial charge in [0, 0.05) is 4.88 Å². The van der Waals surface area contributed by atoms with Crippen molar-refractivity contribution in [3.63, 3.8) is 0 Å². The van der Waals surface area contributed by atoms with E-state index in [2.05, 4.69) is 11.1 Å². The summed E-state index contributed by atoms with van der Waals surface area (Å²) in [5, 5.41) is 11.7. The SMILES string of the molecule is Cc1ccsc1C=C(C#N)c1nc2cc(C(F)(F)F)ccc2s1. The van der Waals surface area contributed by atoms with Gasteiger partial charge in [0.25, 0.3) is 0 Å². The predicted molar refractivity (Wildman–Crippen MR) is 87.2 cm³/mol. The number of benzene rings is 1. The van der Waals surface area contributed by atoms with Crippen molar-refractivity contribution < 1.29 is 13.2 Å². The molecule has 2 nitrogen and oxygen atoms in total.